The van der Waals surface area contributed by atoms with E-state index in [1.807, 2.05) is 5.38 Å². The minimum atomic E-state index is -3.67. The molecule has 0 saturated carbocycles. The number of thiophene rings is 1. The Hall–Kier alpha value is -3.01. The second-order valence-corrected chi connectivity index (χ2v) is 8.59. The number of anilines is 1. The minimum Gasteiger partial charge on any atom is -0.423 e. The summed E-state index contributed by atoms with van der Waals surface area (Å²) in [6.45, 7) is 1.91. The van der Waals surface area contributed by atoms with Crippen molar-refractivity contribution in [2.45, 2.75) is 11.8 Å². The number of esters is 1. The van der Waals surface area contributed by atoms with Gasteiger partial charge >= 0.3 is 5.97 Å². The lowest BCUT2D eigenvalue weighted by atomic mass is 10.2. The third-order valence-corrected chi connectivity index (χ3v) is 6.19. The van der Waals surface area contributed by atoms with Crippen molar-refractivity contribution < 1.29 is 22.7 Å². The molecule has 2 N–H and O–H groups in total. The summed E-state index contributed by atoms with van der Waals surface area (Å²) in [6, 6.07) is 15.4. The molecule has 3 aromatic rings. The number of carbonyl (C=O) groups excluding carboxylic acids is 2. The molecule has 0 aliphatic carbocycles. The molecule has 1 amide bonds. The molecule has 7 nitrogen and oxygen atoms in total. The van der Waals surface area contributed by atoms with Crippen LogP contribution < -0.4 is 14.8 Å². The summed E-state index contributed by atoms with van der Waals surface area (Å²) in [6.07, 6.45) is 0. The molecular weight excluding hydrogens is 412 g/mol. The Morgan fingerprint density at radius 1 is 1.03 bits per heavy atom. The van der Waals surface area contributed by atoms with E-state index in [-0.39, 0.29) is 28.7 Å². The Balaban J connectivity index is 1.67. The number of carbonyl (C=O) groups is 2. The number of nitrogens with one attached hydrogen (secondary N) is 2. The van der Waals surface area contributed by atoms with Crippen molar-refractivity contribution in [1.82, 2.24) is 4.72 Å². The van der Waals surface area contributed by atoms with Gasteiger partial charge in [0.25, 0.3) is 5.91 Å². The normalized spacial score (nSPS) is 11.1. The summed E-state index contributed by atoms with van der Waals surface area (Å²) >= 11 is 1.34. The Labute approximate surface area is 172 Å². The standard InChI is InChI=1S/C20H18N2O5S2/c1-2-21-29(25,26)17-6-3-5-14(13-17)20(24)27-16-10-8-15(9-11-16)22-19(23)18-7-4-12-28-18/h3-13,21H,2H2,1H3,(H,22,23). The number of ether oxygens (including phenoxy) is 1. The van der Waals surface area contributed by atoms with Gasteiger partial charge in [0.05, 0.1) is 15.3 Å². The van der Waals surface area contributed by atoms with E-state index < -0.39 is 16.0 Å². The molecule has 0 aliphatic rings. The van der Waals surface area contributed by atoms with E-state index in [1.165, 1.54) is 35.6 Å². The molecule has 3 rings (SSSR count). The molecule has 0 aliphatic heterocycles. The molecule has 2 aromatic carbocycles. The number of sulfonamides is 1. The highest BCUT2D eigenvalue weighted by atomic mass is 32.2. The van der Waals surface area contributed by atoms with Crippen molar-refractivity contribution in [3.05, 3.63) is 76.5 Å². The molecular formula is C20H18N2O5S2. The largest absolute Gasteiger partial charge is 0.423 e. The summed E-state index contributed by atoms with van der Waals surface area (Å²) in [5.41, 5.74) is 0.668. The first-order chi connectivity index (χ1) is 13.9. The Kier molecular flexibility index (Phi) is 6.42. The molecule has 29 heavy (non-hydrogen) atoms. The summed E-state index contributed by atoms with van der Waals surface area (Å²) in [7, 11) is -3.67. The molecule has 150 valence electrons. The monoisotopic (exact) mass is 430 g/mol. The first-order valence-corrected chi connectivity index (χ1v) is 11.0. The zero-order chi connectivity index (χ0) is 20.9. The van der Waals surface area contributed by atoms with Crippen LogP contribution in [0.15, 0.2) is 70.9 Å². The van der Waals surface area contributed by atoms with Gasteiger partial charge in [0.1, 0.15) is 5.75 Å². The van der Waals surface area contributed by atoms with Crippen molar-refractivity contribution in [3.63, 3.8) is 0 Å². The van der Waals surface area contributed by atoms with Crippen molar-refractivity contribution in [2.24, 2.45) is 0 Å². The first kappa shape index (κ1) is 20.7. The van der Waals surface area contributed by atoms with Crippen molar-refractivity contribution in [1.29, 1.82) is 0 Å². The topological polar surface area (TPSA) is 102 Å². The van der Waals surface area contributed by atoms with Crippen molar-refractivity contribution in [2.75, 3.05) is 11.9 Å². The van der Waals surface area contributed by atoms with Gasteiger partial charge in [-0.25, -0.2) is 17.9 Å². The molecule has 0 radical (unpaired) electrons. The van der Waals surface area contributed by atoms with Crippen LogP contribution in [0, 0.1) is 0 Å². The fraction of sp³-hybridized carbons (Fsp3) is 0.100. The highest BCUT2D eigenvalue weighted by molar-refractivity contribution is 7.89. The lowest BCUT2D eigenvalue weighted by Gasteiger charge is -2.08. The second-order valence-electron chi connectivity index (χ2n) is 5.87. The van der Waals surface area contributed by atoms with Gasteiger partial charge in [-0.2, -0.15) is 0 Å². The Morgan fingerprint density at radius 2 is 1.79 bits per heavy atom. The summed E-state index contributed by atoms with van der Waals surface area (Å²) in [4.78, 5) is 25.0. The van der Waals surface area contributed by atoms with Crippen molar-refractivity contribution >= 4 is 38.9 Å². The van der Waals surface area contributed by atoms with Crippen LogP contribution in [0.25, 0.3) is 0 Å². The van der Waals surface area contributed by atoms with E-state index in [2.05, 4.69) is 10.0 Å². The Bertz CT molecular complexity index is 1110. The number of rotatable bonds is 7. The van der Waals surface area contributed by atoms with Gasteiger partial charge in [0, 0.05) is 12.2 Å². The third-order valence-electron chi connectivity index (χ3n) is 3.78. The molecule has 0 atom stereocenters. The van der Waals surface area contributed by atoms with Crippen LogP contribution in [-0.2, 0) is 10.0 Å². The predicted molar refractivity (Wildman–Crippen MR) is 111 cm³/mol. The first-order valence-electron chi connectivity index (χ1n) is 8.66. The maximum atomic E-state index is 12.4. The van der Waals surface area contributed by atoms with E-state index in [1.54, 1.807) is 43.3 Å². The number of benzene rings is 2. The molecule has 0 unspecified atom stereocenters. The highest BCUT2D eigenvalue weighted by Crippen LogP contribution is 2.19. The number of amides is 1. The van der Waals surface area contributed by atoms with Crippen LogP contribution in [0.3, 0.4) is 0 Å². The van der Waals surface area contributed by atoms with Gasteiger partial charge < -0.3 is 10.1 Å². The van der Waals surface area contributed by atoms with E-state index in [4.69, 9.17) is 4.74 Å². The van der Waals surface area contributed by atoms with Crippen LogP contribution >= 0.6 is 11.3 Å². The summed E-state index contributed by atoms with van der Waals surface area (Å²) in [5, 5.41) is 4.57. The average Bonchev–Trinajstić information content (AvgIpc) is 3.24. The molecule has 0 saturated heterocycles. The molecule has 1 aromatic heterocycles. The quantitative estimate of drug-likeness (QED) is 0.441. The Morgan fingerprint density at radius 3 is 2.45 bits per heavy atom. The van der Waals surface area contributed by atoms with Crippen LogP contribution in [0.2, 0.25) is 0 Å². The molecule has 0 fully saturated rings. The van der Waals surface area contributed by atoms with Crippen LogP contribution in [0.1, 0.15) is 27.0 Å². The van der Waals surface area contributed by atoms with Gasteiger partial charge in [-0.3, -0.25) is 4.79 Å². The number of hydrogen-bond donors (Lipinski definition) is 2. The number of hydrogen-bond acceptors (Lipinski definition) is 6. The minimum absolute atomic E-state index is 0.0135. The summed E-state index contributed by atoms with van der Waals surface area (Å²) < 4.78 is 31.8. The van der Waals surface area contributed by atoms with Crippen LogP contribution in [0.4, 0.5) is 5.69 Å². The van der Waals surface area contributed by atoms with Crippen LogP contribution in [-0.4, -0.2) is 26.8 Å². The van der Waals surface area contributed by atoms with E-state index >= 15 is 0 Å². The molecule has 0 spiro atoms. The van der Waals surface area contributed by atoms with Crippen molar-refractivity contribution in [3.8, 4) is 5.75 Å². The van der Waals surface area contributed by atoms with Gasteiger partial charge in [0.2, 0.25) is 10.0 Å². The summed E-state index contributed by atoms with van der Waals surface area (Å²) in [5.74, 6) is -0.638. The van der Waals surface area contributed by atoms with Gasteiger partial charge in [-0.1, -0.05) is 19.1 Å². The highest BCUT2D eigenvalue weighted by Gasteiger charge is 2.16. The molecule has 9 heteroatoms. The molecule has 0 bridgehead atoms. The van der Waals surface area contributed by atoms with Crippen LogP contribution in [0.5, 0.6) is 5.75 Å². The van der Waals surface area contributed by atoms with Gasteiger partial charge in [-0.15, -0.1) is 11.3 Å². The van der Waals surface area contributed by atoms with E-state index in [0.29, 0.717) is 10.6 Å². The maximum absolute atomic E-state index is 12.4. The second kappa shape index (κ2) is 8.99. The SMILES string of the molecule is CCNS(=O)(=O)c1cccc(C(=O)Oc2ccc(NC(=O)c3cccs3)cc2)c1. The lowest BCUT2D eigenvalue weighted by Crippen LogP contribution is -2.23. The molecule has 1 heterocycles. The average molecular weight is 431 g/mol. The van der Waals surface area contributed by atoms with E-state index in [0.717, 1.165) is 0 Å². The maximum Gasteiger partial charge on any atom is 0.343 e. The van der Waals surface area contributed by atoms with Gasteiger partial charge in [0.15, 0.2) is 0 Å². The zero-order valence-electron chi connectivity index (χ0n) is 15.4. The lowest BCUT2D eigenvalue weighted by molar-refractivity contribution is 0.0734. The zero-order valence-corrected chi connectivity index (χ0v) is 17.0. The fourth-order valence-corrected chi connectivity index (χ4v) is 4.14. The smallest absolute Gasteiger partial charge is 0.343 e. The van der Waals surface area contributed by atoms with Gasteiger partial charge in [-0.05, 0) is 53.9 Å². The fourth-order valence-electron chi connectivity index (χ4n) is 2.44. The third kappa shape index (κ3) is 5.29. The predicted octanol–water partition coefficient (Wildman–Crippen LogP) is 3.52. The van der Waals surface area contributed by atoms with E-state index in [9.17, 15) is 18.0 Å².